The van der Waals surface area contributed by atoms with E-state index < -0.39 is 34.8 Å². The van der Waals surface area contributed by atoms with E-state index in [-0.39, 0.29) is 11.6 Å². The quantitative estimate of drug-likeness (QED) is 0.349. The Hall–Kier alpha value is -3.79. The fourth-order valence-corrected chi connectivity index (χ4v) is 3.48. The summed E-state index contributed by atoms with van der Waals surface area (Å²) in [5.41, 5.74) is -0.381. The van der Waals surface area contributed by atoms with Crippen LogP contribution in [0.25, 0.3) is 11.1 Å². The van der Waals surface area contributed by atoms with Gasteiger partial charge in [0.2, 0.25) is 5.88 Å². The van der Waals surface area contributed by atoms with Gasteiger partial charge in [0, 0.05) is 28.5 Å². The molecule has 0 radical (unpaired) electrons. The van der Waals surface area contributed by atoms with E-state index in [4.69, 9.17) is 16.3 Å². The molecular formula is C24H19ClF3N3O4. The highest BCUT2D eigenvalue weighted by molar-refractivity contribution is 6.30. The van der Waals surface area contributed by atoms with Gasteiger partial charge in [-0.25, -0.2) is 9.78 Å². The first-order valence-electron chi connectivity index (χ1n) is 10.4. The Morgan fingerprint density at radius 3 is 2.29 bits per heavy atom. The number of amides is 2. The molecule has 1 aliphatic carbocycles. The SMILES string of the molecule is O=C(Nc1ccc(-c2ccc(OCC3(C(=O)O)CC3)nc2)cc1)Nc1ccc(Cl)cc1C(F)(F)F. The molecular weight excluding hydrogens is 487 g/mol. The number of aliphatic carboxylic acids is 1. The van der Waals surface area contributed by atoms with E-state index in [1.54, 1.807) is 42.6 Å². The fourth-order valence-electron chi connectivity index (χ4n) is 3.31. The van der Waals surface area contributed by atoms with E-state index in [0.717, 1.165) is 23.3 Å². The lowest BCUT2D eigenvalue weighted by molar-refractivity contribution is -0.144. The van der Waals surface area contributed by atoms with Crippen molar-refractivity contribution in [2.24, 2.45) is 5.41 Å². The summed E-state index contributed by atoms with van der Waals surface area (Å²) in [5, 5.41) is 13.8. The van der Waals surface area contributed by atoms with E-state index >= 15 is 0 Å². The molecule has 182 valence electrons. The summed E-state index contributed by atoms with van der Waals surface area (Å²) in [4.78, 5) is 27.7. The fraction of sp³-hybridized carbons (Fsp3) is 0.208. The molecule has 3 aromatic rings. The number of benzene rings is 2. The van der Waals surface area contributed by atoms with Crippen molar-refractivity contribution in [3.8, 4) is 17.0 Å². The third-order valence-corrected chi connectivity index (χ3v) is 5.79. The van der Waals surface area contributed by atoms with Crippen LogP contribution in [0, 0.1) is 5.41 Å². The van der Waals surface area contributed by atoms with Crippen molar-refractivity contribution >= 4 is 35.0 Å². The van der Waals surface area contributed by atoms with Crippen molar-refractivity contribution < 1.29 is 32.6 Å². The highest BCUT2D eigenvalue weighted by atomic mass is 35.5. The van der Waals surface area contributed by atoms with Gasteiger partial charge in [-0.1, -0.05) is 23.7 Å². The lowest BCUT2D eigenvalue weighted by Gasteiger charge is -2.15. The van der Waals surface area contributed by atoms with Crippen LogP contribution in [0.5, 0.6) is 5.88 Å². The number of rotatable bonds is 7. The van der Waals surface area contributed by atoms with Crippen LogP contribution in [0.2, 0.25) is 5.02 Å². The van der Waals surface area contributed by atoms with Gasteiger partial charge in [-0.3, -0.25) is 4.79 Å². The number of alkyl halides is 3. The predicted molar refractivity (Wildman–Crippen MR) is 124 cm³/mol. The molecule has 1 heterocycles. The van der Waals surface area contributed by atoms with Crippen LogP contribution >= 0.6 is 11.6 Å². The molecule has 2 aromatic carbocycles. The normalized spacial score (nSPS) is 14.2. The first-order chi connectivity index (χ1) is 16.6. The highest BCUT2D eigenvalue weighted by Crippen LogP contribution is 2.46. The molecule has 1 fully saturated rings. The third kappa shape index (κ3) is 5.83. The molecule has 1 saturated carbocycles. The van der Waals surface area contributed by atoms with E-state index in [0.29, 0.717) is 24.4 Å². The third-order valence-electron chi connectivity index (χ3n) is 5.55. The minimum Gasteiger partial charge on any atom is -0.481 e. The lowest BCUT2D eigenvalue weighted by atomic mass is 10.1. The monoisotopic (exact) mass is 505 g/mol. The Labute approximate surface area is 202 Å². The molecule has 4 rings (SSSR count). The van der Waals surface area contributed by atoms with E-state index in [2.05, 4.69) is 15.6 Å². The average molecular weight is 506 g/mol. The number of halogens is 4. The molecule has 7 nitrogen and oxygen atoms in total. The van der Waals surface area contributed by atoms with Crippen molar-refractivity contribution in [1.82, 2.24) is 4.98 Å². The Morgan fingerprint density at radius 1 is 1.03 bits per heavy atom. The van der Waals surface area contributed by atoms with Gasteiger partial charge < -0.3 is 20.5 Å². The van der Waals surface area contributed by atoms with Crippen molar-refractivity contribution in [2.45, 2.75) is 19.0 Å². The first-order valence-corrected chi connectivity index (χ1v) is 10.8. The summed E-state index contributed by atoms with van der Waals surface area (Å²) in [7, 11) is 0. The van der Waals surface area contributed by atoms with Gasteiger partial charge in [0.25, 0.3) is 0 Å². The minimum absolute atomic E-state index is 0.0671. The molecule has 0 atom stereocenters. The summed E-state index contributed by atoms with van der Waals surface area (Å²) in [5.74, 6) is -0.554. The number of carboxylic acids is 1. The molecule has 1 aliphatic rings. The number of carbonyl (C=O) groups is 2. The number of hydrogen-bond donors (Lipinski definition) is 3. The zero-order valence-corrected chi connectivity index (χ0v) is 18.8. The van der Waals surface area contributed by atoms with Gasteiger partial charge in [0.1, 0.15) is 12.0 Å². The number of urea groups is 1. The second kappa shape index (κ2) is 9.46. The summed E-state index contributed by atoms with van der Waals surface area (Å²) < 4.78 is 45.1. The Kier molecular flexibility index (Phi) is 6.58. The van der Waals surface area contributed by atoms with Crippen LogP contribution in [0.1, 0.15) is 18.4 Å². The number of aromatic nitrogens is 1. The molecule has 0 saturated heterocycles. The molecule has 35 heavy (non-hydrogen) atoms. The second-order valence-electron chi connectivity index (χ2n) is 8.10. The van der Waals surface area contributed by atoms with Gasteiger partial charge in [-0.05, 0) is 54.8 Å². The molecule has 0 spiro atoms. The number of carboxylic acid groups (broad SMARTS) is 1. The van der Waals surface area contributed by atoms with Gasteiger partial charge in [-0.2, -0.15) is 13.2 Å². The Bertz CT molecular complexity index is 1240. The number of hydrogen-bond acceptors (Lipinski definition) is 4. The second-order valence-corrected chi connectivity index (χ2v) is 8.54. The Morgan fingerprint density at radius 2 is 1.71 bits per heavy atom. The largest absolute Gasteiger partial charge is 0.481 e. The zero-order valence-electron chi connectivity index (χ0n) is 18.0. The number of nitrogens with zero attached hydrogens (tertiary/aromatic N) is 1. The molecule has 0 aliphatic heterocycles. The zero-order chi connectivity index (χ0) is 25.2. The van der Waals surface area contributed by atoms with Crippen molar-refractivity contribution in [2.75, 3.05) is 17.2 Å². The maximum atomic E-state index is 13.2. The lowest BCUT2D eigenvalue weighted by Crippen LogP contribution is -2.23. The molecule has 1 aromatic heterocycles. The van der Waals surface area contributed by atoms with E-state index in [1.165, 1.54) is 6.07 Å². The van der Waals surface area contributed by atoms with Gasteiger partial charge in [-0.15, -0.1) is 0 Å². The maximum Gasteiger partial charge on any atom is 0.418 e. The van der Waals surface area contributed by atoms with Gasteiger partial charge in [0.15, 0.2) is 0 Å². The number of carbonyl (C=O) groups excluding carboxylic acids is 1. The summed E-state index contributed by atoms with van der Waals surface area (Å²) in [6.07, 6.45) is -1.94. The molecule has 0 unspecified atom stereocenters. The van der Waals surface area contributed by atoms with Gasteiger partial charge in [0.05, 0.1) is 11.3 Å². The van der Waals surface area contributed by atoms with Crippen LogP contribution < -0.4 is 15.4 Å². The summed E-state index contributed by atoms with van der Waals surface area (Å²) in [6, 6.07) is 12.2. The number of ether oxygens (including phenoxy) is 1. The number of pyridine rings is 1. The van der Waals surface area contributed by atoms with E-state index in [1.807, 2.05) is 0 Å². The molecule has 11 heteroatoms. The van der Waals surface area contributed by atoms with Gasteiger partial charge >= 0.3 is 18.2 Å². The topological polar surface area (TPSA) is 101 Å². The van der Waals surface area contributed by atoms with Crippen LogP contribution in [-0.4, -0.2) is 28.7 Å². The average Bonchev–Trinajstić information content (AvgIpc) is 3.61. The maximum absolute atomic E-state index is 13.2. The van der Waals surface area contributed by atoms with Crippen molar-refractivity contribution in [3.05, 3.63) is 71.4 Å². The van der Waals surface area contributed by atoms with Crippen LogP contribution in [0.3, 0.4) is 0 Å². The minimum atomic E-state index is -4.68. The van der Waals surface area contributed by atoms with Crippen molar-refractivity contribution in [3.63, 3.8) is 0 Å². The van der Waals surface area contributed by atoms with E-state index in [9.17, 15) is 27.9 Å². The smallest absolute Gasteiger partial charge is 0.418 e. The summed E-state index contributed by atoms with van der Waals surface area (Å²) in [6.45, 7) is 0.0671. The number of nitrogens with one attached hydrogen (secondary N) is 2. The Balaban J connectivity index is 1.36. The summed E-state index contributed by atoms with van der Waals surface area (Å²) >= 11 is 5.65. The highest BCUT2D eigenvalue weighted by Gasteiger charge is 2.51. The van der Waals surface area contributed by atoms with Crippen LogP contribution in [0.4, 0.5) is 29.3 Å². The molecule has 3 N–H and O–H groups in total. The van der Waals surface area contributed by atoms with Crippen LogP contribution in [0.15, 0.2) is 60.8 Å². The first kappa shape index (κ1) is 24.3. The van der Waals surface area contributed by atoms with Crippen LogP contribution in [-0.2, 0) is 11.0 Å². The standard InChI is InChI=1S/C24H19ClF3N3O4/c25-16-4-7-19(18(11-16)24(26,27)28)31-22(34)30-17-5-1-14(2-6-17)15-3-8-20(29-12-15)35-13-23(9-10-23)21(32)33/h1-8,11-12H,9-10,13H2,(H,32,33)(H2,30,31,34). The van der Waals surface area contributed by atoms with Crippen molar-refractivity contribution in [1.29, 1.82) is 0 Å². The predicted octanol–water partition coefficient (Wildman–Crippen LogP) is 6.31. The molecule has 0 bridgehead atoms. The number of anilines is 2. The molecule has 2 amide bonds.